The van der Waals surface area contributed by atoms with E-state index in [1.54, 1.807) is 0 Å². The first kappa shape index (κ1) is 24.8. The third-order valence-electron chi connectivity index (χ3n) is 7.11. The number of hydrogen-bond donors (Lipinski definition) is 2. The fourth-order valence-electron chi connectivity index (χ4n) is 5.22. The van der Waals surface area contributed by atoms with E-state index < -0.39 is 23.5 Å². The molecule has 1 aliphatic carbocycles. The number of ether oxygens (including phenoxy) is 1. The van der Waals surface area contributed by atoms with Crippen LogP contribution in [0.2, 0.25) is 0 Å². The number of likely N-dealkylation sites (tertiary alicyclic amines) is 1. The first-order valence-electron chi connectivity index (χ1n) is 12.3. The minimum absolute atomic E-state index is 0.0169. The van der Waals surface area contributed by atoms with Crippen LogP contribution >= 0.6 is 0 Å². The summed E-state index contributed by atoms with van der Waals surface area (Å²) in [5.41, 5.74) is 4.09. The largest absolute Gasteiger partial charge is 0.480 e. The zero-order valence-electron chi connectivity index (χ0n) is 20.6. The molecule has 0 saturated carbocycles. The Morgan fingerprint density at radius 1 is 1.03 bits per heavy atom. The van der Waals surface area contributed by atoms with Crippen molar-refractivity contribution >= 4 is 18.0 Å². The monoisotopic (exact) mass is 478 g/mol. The van der Waals surface area contributed by atoms with Crippen molar-refractivity contribution in [1.82, 2.24) is 10.2 Å². The van der Waals surface area contributed by atoms with Crippen LogP contribution in [0.25, 0.3) is 11.1 Å². The molecule has 2 N–H and O–H groups in total. The number of carboxylic acids is 1. The predicted octanol–water partition coefficient (Wildman–Crippen LogP) is 4.65. The molecule has 2 aliphatic rings. The summed E-state index contributed by atoms with van der Waals surface area (Å²) in [6, 6.07) is 15.6. The quantitative estimate of drug-likeness (QED) is 0.604. The SMILES string of the molecule is CC1CCC(C(=O)O)N(C(=O)CC(C)(C)CNC(=O)OCC2c3ccccc3-c3ccccc32)C1. The maximum atomic E-state index is 13.0. The lowest BCUT2D eigenvalue weighted by Crippen LogP contribution is -2.51. The molecule has 2 amide bonds. The van der Waals surface area contributed by atoms with Crippen molar-refractivity contribution in [1.29, 1.82) is 0 Å². The van der Waals surface area contributed by atoms with Crippen molar-refractivity contribution in [3.8, 4) is 11.1 Å². The molecular formula is C28H34N2O5. The molecule has 2 atom stereocenters. The number of amides is 2. The summed E-state index contributed by atoms with van der Waals surface area (Å²) in [6.45, 7) is 6.73. The summed E-state index contributed by atoms with van der Waals surface area (Å²) in [4.78, 5) is 38.6. The highest BCUT2D eigenvalue weighted by molar-refractivity contribution is 5.84. The first-order valence-corrected chi connectivity index (χ1v) is 12.3. The number of benzene rings is 2. The molecular weight excluding hydrogens is 444 g/mol. The van der Waals surface area contributed by atoms with E-state index in [0.29, 0.717) is 13.0 Å². The van der Waals surface area contributed by atoms with E-state index in [9.17, 15) is 19.5 Å². The van der Waals surface area contributed by atoms with Gasteiger partial charge in [0.1, 0.15) is 12.6 Å². The summed E-state index contributed by atoms with van der Waals surface area (Å²) in [5.74, 6) is -0.892. The minimum atomic E-state index is -0.959. The lowest BCUT2D eigenvalue weighted by atomic mass is 9.87. The highest BCUT2D eigenvalue weighted by Gasteiger charge is 2.37. The fourth-order valence-corrected chi connectivity index (χ4v) is 5.22. The number of fused-ring (bicyclic) bond motifs is 3. The van der Waals surface area contributed by atoms with Crippen LogP contribution in [-0.4, -0.2) is 53.7 Å². The number of nitrogens with one attached hydrogen (secondary N) is 1. The zero-order valence-corrected chi connectivity index (χ0v) is 20.6. The number of alkyl carbamates (subject to hydrolysis) is 1. The van der Waals surface area contributed by atoms with Gasteiger partial charge in [0.15, 0.2) is 0 Å². The Morgan fingerprint density at radius 2 is 1.63 bits per heavy atom. The van der Waals surface area contributed by atoms with Crippen LogP contribution in [0.15, 0.2) is 48.5 Å². The second-order valence-electron chi connectivity index (χ2n) is 10.6. The molecule has 7 heteroatoms. The normalized spacial score (nSPS) is 19.6. The van der Waals surface area contributed by atoms with E-state index in [2.05, 4.69) is 29.6 Å². The van der Waals surface area contributed by atoms with Crippen molar-refractivity contribution in [2.24, 2.45) is 11.3 Å². The Hall–Kier alpha value is -3.35. The number of hydrogen-bond acceptors (Lipinski definition) is 4. The smallest absolute Gasteiger partial charge is 0.407 e. The number of carboxylic acid groups (broad SMARTS) is 1. The number of carbonyl (C=O) groups is 3. The lowest BCUT2D eigenvalue weighted by Gasteiger charge is -2.38. The molecule has 4 rings (SSSR count). The van der Waals surface area contributed by atoms with Crippen LogP contribution in [0.3, 0.4) is 0 Å². The Bertz CT molecular complexity index is 1070. The zero-order chi connectivity index (χ0) is 25.2. The van der Waals surface area contributed by atoms with Crippen LogP contribution in [0.4, 0.5) is 4.79 Å². The number of nitrogens with zero attached hydrogens (tertiary/aromatic N) is 1. The molecule has 35 heavy (non-hydrogen) atoms. The topological polar surface area (TPSA) is 95.9 Å². The van der Waals surface area contributed by atoms with Crippen molar-refractivity contribution in [2.45, 2.75) is 52.0 Å². The summed E-state index contributed by atoms with van der Waals surface area (Å²) in [5, 5.41) is 12.3. The number of piperidine rings is 1. The molecule has 0 bridgehead atoms. The summed E-state index contributed by atoms with van der Waals surface area (Å²) < 4.78 is 5.60. The van der Waals surface area contributed by atoms with Crippen LogP contribution in [0.5, 0.6) is 0 Å². The van der Waals surface area contributed by atoms with Crippen molar-refractivity contribution in [2.75, 3.05) is 19.7 Å². The van der Waals surface area contributed by atoms with Crippen LogP contribution in [0.1, 0.15) is 57.1 Å². The Morgan fingerprint density at radius 3 is 2.23 bits per heavy atom. The van der Waals surface area contributed by atoms with E-state index >= 15 is 0 Å². The first-order chi connectivity index (χ1) is 16.7. The van der Waals surface area contributed by atoms with E-state index in [1.165, 1.54) is 16.0 Å². The van der Waals surface area contributed by atoms with Crippen molar-refractivity contribution in [3.63, 3.8) is 0 Å². The van der Waals surface area contributed by atoms with Gasteiger partial charge < -0.3 is 20.1 Å². The molecule has 1 fully saturated rings. The summed E-state index contributed by atoms with van der Waals surface area (Å²) >= 11 is 0. The minimum Gasteiger partial charge on any atom is -0.480 e. The van der Waals surface area contributed by atoms with Crippen molar-refractivity contribution in [3.05, 3.63) is 59.7 Å². The average molecular weight is 479 g/mol. The Labute approximate surface area is 206 Å². The number of rotatable bonds is 7. The molecule has 2 aromatic rings. The molecule has 186 valence electrons. The van der Waals surface area contributed by atoms with E-state index in [1.807, 2.05) is 45.0 Å². The molecule has 1 heterocycles. The van der Waals surface area contributed by atoms with Gasteiger partial charge in [-0.25, -0.2) is 9.59 Å². The van der Waals surface area contributed by atoms with Crippen LogP contribution in [-0.2, 0) is 14.3 Å². The van der Waals surface area contributed by atoms with Gasteiger partial charge in [0.05, 0.1) is 0 Å². The highest BCUT2D eigenvalue weighted by Crippen LogP contribution is 2.44. The van der Waals surface area contributed by atoms with Gasteiger partial charge in [-0.1, -0.05) is 69.3 Å². The predicted molar refractivity (Wildman–Crippen MR) is 133 cm³/mol. The van der Waals surface area contributed by atoms with E-state index in [-0.39, 0.29) is 37.3 Å². The van der Waals surface area contributed by atoms with Crippen molar-refractivity contribution < 1.29 is 24.2 Å². The molecule has 2 unspecified atom stereocenters. The molecule has 0 aromatic heterocycles. The molecule has 7 nitrogen and oxygen atoms in total. The van der Waals surface area contributed by atoms with E-state index in [0.717, 1.165) is 17.5 Å². The third-order valence-corrected chi connectivity index (χ3v) is 7.11. The molecule has 1 aliphatic heterocycles. The summed E-state index contributed by atoms with van der Waals surface area (Å²) in [6.07, 6.45) is 0.892. The number of aliphatic carboxylic acids is 1. The summed E-state index contributed by atoms with van der Waals surface area (Å²) in [7, 11) is 0. The maximum absolute atomic E-state index is 13.0. The van der Waals surface area contributed by atoms with Gasteiger partial charge in [0, 0.05) is 25.4 Å². The van der Waals surface area contributed by atoms with Crippen LogP contribution < -0.4 is 5.32 Å². The second kappa shape index (κ2) is 10.1. The van der Waals surface area contributed by atoms with Gasteiger partial charge >= 0.3 is 12.1 Å². The molecule has 2 aromatic carbocycles. The molecule has 0 spiro atoms. The Kier molecular flexibility index (Phi) is 7.15. The standard InChI is InChI=1S/C28H34N2O5/c1-18-12-13-24(26(32)33)30(15-18)25(31)14-28(2,3)17-29-27(34)35-16-23-21-10-6-4-8-19(21)20-9-5-7-11-22(20)23/h4-11,18,23-24H,12-17H2,1-3H3,(H,29,34)(H,32,33). The van der Waals surface area contributed by atoms with Gasteiger partial charge in [-0.05, 0) is 46.4 Å². The van der Waals surface area contributed by atoms with Gasteiger partial charge in [0.2, 0.25) is 5.91 Å². The van der Waals surface area contributed by atoms with Gasteiger partial charge in [-0.2, -0.15) is 0 Å². The van der Waals surface area contributed by atoms with Gasteiger partial charge in [-0.15, -0.1) is 0 Å². The molecule has 1 saturated heterocycles. The average Bonchev–Trinajstić information content (AvgIpc) is 3.14. The van der Waals surface area contributed by atoms with Gasteiger partial charge in [-0.3, -0.25) is 4.79 Å². The highest BCUT2D eigenvalue weighted by atomic mass is 16.5. The fraction of sp³-hybridized carbons (Fsp3) is 0.464. The molecule has 0 radical (unpaired) electrons. The van der Waals surface area contributed by atoms with E-state index in [4.69, 9.17) is 4.74 Å². The lowest BCUT2D eigenvalue weighted by molar-refractivity contribution is -0.154. The maximum Gasteiger partial charge on any atom is 0.407 e. The Balaban J connectivity index is 1.31. The van der Waals surface area contributed by atoms with Crippen LogP contribution in [0, 0.1) is 11.3 Å². The number of carbonyl (C=O) groups excluding carboxylic acids is 2. The van der Waals surface area contributed by atoms with Gasteiger partial charge in [0.25, 0.3) is 0 Å². The second-order valence-corrected chi connectivity index (χ2v) is 10.6. The third kappa shape index (κ3) is 5.50.